The van der Waals surface area contributed by atoms with Crippen LogP contribution in [0.1, 0.15) is 42.3 Å². The maximum Gasteiger partial charge on any atom is 0.287 e. The van der Waals surface area contributed by atoms with Gasteiger partial charge in [0.2, 0.25) is 0 Å². The quantitative estimate of drug-likeness (QED) is 0.118. The fraction of sp³-hybridized carbons (Fsp3) is 0.207. The number of hydrogen-bond donors (Lipinski definition) is 3. The van der Waals surface area contributed by atoms with Gasteiger partial charge in [0.1, 0.15) is 5.70 Å². The molecule has 0 saturated carbocycles. The van der Waals surface area contributed by atoms with Crippen molar-refractivity contribution in [2.75, 3.05) is 24.6 Å². The van der Waals surface area contributed by atoms with Gasteiger partial charge in [-0.3, -0.25) is 9.59 Å². The van der Waals surface area contributed by atoms with Gasteiger partial charge < -0.3 is 20.1 Å². The predicted octanol–water partition coefficient (Wildman–Crippen LogP) is 5.16. The summed E-state index contributed by atoms with van der Waals surface area (Å²) in [6.45, 7) is 8.17. The first-order chi connectivity index (χ1) is 18.4. The molecule has 3 aromatic carbocycles. The van der Waals surface area contributed by atoms with Gasteiger partial charge in [0.15, 0.2) is 11.5 Å². The first kappa shape index (κ1) is 28.7. The number of phenolic OH excluding ortho intramolecular Hbond substituents is 1. The highest BCUT2D eigenvalue weighted by atomic mass is 127. The largest absolute Gasteiger partial charge is 0.504 e. The molecular formula is C29H31IN4O4. The molecule has 0 atom stereocenters. The van der Waals surface area contributed by atoms with E-state index < -0.39 is 11.8 Å². The molecule has 3 aromatic rings. The summed E-state index contributed by atoms with van der Waals surface area (Å²) in [6, 6.07) is 19.7. The number of nitrogens with one attached hydrogen (secondary N) is 2. The number of aromatic hydroxyl groups is 1. The fourth-order valence-electron chi connectivity index (χ4n) is 3.64. The van der Waals surface area contributed by atoms with Crippen LogP contribution in [0.2, 0.25) is 0 Å². The summed E-state index contributed by atoms with van der Waals surface area (Å²) in [5.74, 6) is -0.618. The van der Waals surface area contributed by atoms with Crippen molar-refractivity contribution in [2.45, 2.75) is 20.8 Å². The number of phenols is 1. The smallest absolute Gasteiger partial charge is 0.287 e. The Labute approximate surface area is 236 Å². The van der Waals surface area contributed by atoms with E-state index in [1.807, 2.05) is 59.8 Å². The van der Waals surface area contributed by atoms with Crippen molar-refractivity contribution in [3.8, 4) is 11.5 Å². The van der Waals surface area contributed by atoms with Crippen LogP contribution >= 0.6 is 22.6 Å². The molecular weight excluding hydrogens is 595 g/mol. The molecule has 0 heterocycles. The second kappa shape index (κ2) is 14.2. The molecule has 0 spiro atoms. The van der Waals surface area contributed by atoms with Gasteiger partial charge in [-0.25, -0.2) is 5.43 Å². The van der Waals surface area contributed by atoms with E-state index in [1.54, 1.807) is 42.5 Å². The predicted molar refractivity (Wildman–Crippen MR) is 160 cm³/mol. The van der Waals surface area contributed by atoms with E-state index in [2.05, 4.69) is 34.6 Å². The number of carbonyl (C=O) groups excluding carboxylic acids is 2. The highest BCUT2D eigenvalue weighted by molar-refractivity contribution is 14.1. The Hall–Kier alpha value is -3.86. The van der Waals surface area contributed by atoms with Crippen LogP contribution in [-0.4, -0.2) is 42.8 Å². The number of hydrazone groups is 1. The van der Waals surface area contributed by atoms with Gasteiger partial charge in [0.25, 0.3) is 11.8 Å². The third kappa shape index (κ3) is 7.82. The Bertz CT molecular complexity index is 1300. The molecule has 0 aromatic heterocycles. The van der Waals surface area contributed by atoms with Crippen molar-refractivity contribution in [1.29, 1.82) is 0 Å². The van der Waals surface area contributed by atoms with Gasteiger partial charge in [0.05, 0.1) is 16.4 Å². The summed E-state index contributed by atoms with van der Waals surface area (Å²) in [4.78, 5) is 28.1. The van der Waals surface area contributed by atoms with Crippen molar-refractivity contribution >= 4 is 52.4 Å². The minimum atomic E-state index is -0.586. The average molecular weight is 626 g/mol. The van der Waals surface area contributed by atoms with Crippen LogP contribution in [0.4, 0.5) is 5.69 Å². The van der Waals surface area contributed by atoms with Gasteiger partial charge in [0, 0.05) is 24.3 Å². The Morgan fingerprint density at radius 2 is 1.68 bits per heavy atom. The van der Waals surface area contributed by atoms with E-state index in [0.29, 0.717) is 27.1 Å². The summed E-state index contributed by atoms with van der Waals surface area (Å²) < 4.78 is 6.04. The number of halogens is 1. The molecule has 3 N–H and O–H groups in total. The zero-order valence-electron chi connectivity index (χ0n) is 21.6. The van der Waals surface area contributed by atoms with Gasteiger partial charge in [-0.2, -0.15) is 5.10 Å². The van der Waals surface area contributed by atoms with Crippen molar-refractivity contribution < 1.29 is 19.4 Å². The van der Waals surface area contributed by atoms with Crippen molar-refractivity contribution in [2.24, 2.45) is 5.10 Å². The van der Waals surface area contributed by atoms with Crippen LogP contribution in [-0.2, 0) is 4.79 Å². The molecule has 0 aliphatic heterocycles. The van der Waals surface area contributed by atoms with Crippen molar-refractivity contribution in [3.05, 3.63) is 92.7 Å². The van der Waals surface area contributed by atoms with E-state index in [-0.39, 0.29) is 11.4 Å². The third-order valence-corrected chi connectivity index (χ3v) is 6.41. The van der Waals surface area contributed by atoms with E-state index >= 15 is 0 Å². The first-order valence-corrected chi connectivity index (χ1v) is 13.4. The molecule has 0 bridgehead atoms. The molecule has 9 heteroatoms. The number of hydrogen-bond acceptors (Lipinski definition) is 6. The maximum atomic E-state index is 13.1. The van der Waals surface area contributed by atoms with Gasteiger partial charge in [-0.15, -0.1) is 0 Å². The summed E-state index contributed by atoms with van der Waals surface area (Å²) >= 11 is 1.99. The Kier molecular flexibility index (Phi) is 10.7. The summed E-state index contributed by atoms with van der Waals surface area (Å²) in [6.07, 6.45) is 3.05. The molecule has 198 valence electrons. The Balaban J connectivity index is 1.84. The topological polar surface area (TPSA) is 103 Å². The standard InChI is InChI=1S/C29H31IN4O4/c1-4-34(5-2)23-14-12-20(13-15-23)17-25(32-28(36)22-10-8-7-9-11-22)29(37)33-31-19-21-16-24(30)27(35)26(18-21)38-6-3/h7-19,35H,4-6H2,1-3H3,(H,32,36)(H,33,37)/b25-17+,31-19+. The van der Waals surface area contributed by atoms with Gasteiger partial charge in [-0.1, -0.05) is 30.3 Å². The number of rotatable bonds is 11. The summed E-state index contributed by atoms with van der Waals surface area (Å²) in [7, 11) is 0. The highest BCUT2D eigenvalue weighted by Gasteiger charge is 2.15. The molecule has 0 radical (unpaired) electrons. The van der Waals surface area contributed by atoms with Crippen molar-refractivity contribution in [3.63, 3.8) is 0 Å². The monoisotopic (exact) mass is 626 g/mol. The second-order valence-electron chi connectivity index (χ2n) is 8.12. The number of carbonyl (C=O) groups is 2. The molecule has 2 amide bonds. The van der Waals surface area contributed by atoms with E-state index in [4.69, 9.17) is 4.74 Å². The highest BCUT2D eigenvalue weighted by Crippen LogP contribution is 2.32. The second-order valence-corrected chi connectivity index (χ2v) is 9.29. The Morgan fingerprint density at radius 3 is 2.32 bits per heavy atom. The zero-order chi connectivity index (χ0) is 27.5. The lowest BCUT2D eigenvalue weighted by Gasteiger charge is -2.21. The summed E-state index contributed by atoms with van der Waals surface area (Å²) in [5, 5.41) is 16.9. The molecule has 0 unspecified atom stereocenters. The molecule has 3 rings (SSSR count). The average Bonchev–Trinajstić information content (AvgIpc) is 2.93. The van der Waals surface area contributed by atoms with Crippen LogP contribution in [0.25, 0.3) is 6.08 Å². The van der Waals surface area contributed by atoms with E-state index in [1.165, 1.54) is 6.21 Å². The third-order valence-electron chi connectivity index (χ3n) is 5.59. The van der Waals surface area contributed by atoms with E-state index in [0.717, 1.165) is 24.3 Å². The molecule has 0 fully saturated rings. The minimum absolute atomic E-state index is 0.0434. The fourth-order valence-corrected chi connectivity index (χ4v) is 4.26. The number of amides is 2. The zero-order valence-corrected chi connectivity index (χ0v) is 23.7. The lowest BCUT2D eigenvalue weighted by Crippen LogP contribution is -2.32. The number of anilines is 1. The van der Waals surface area contributed by atoms with Crippen LogP contribution in [0, 0.1) is 3.57 Å². The minimum Gasteiger partial charge on any atom is -0.504 e. The lowest BCUT2D eigenvalue weighted by molar-refractivity contribution is -0.117. The maximum absolute atomic E-state index is 13.1. The summed E-state index contributed by atoms with van der Waals surface area (Å²) in [5.41, 5.74) is 5.39. The number of benzene rings is 3. The lowest BCUT2D eigenvalue weighted by atomic mass is 10.1. The van der Waals surface area contributed by atoms with Crippen molar-refractivity contribution in [1.82, 2.24) is 10.7 Å². The molecule has 8 nitrogen and oxygen atoms in total. The molecule has 0 aliphatic carbocycles. The van der Waals surface area contributed by atoms with Crippen LogP contribution in [0.15, 0.2) is 77.5 Å². The van der Waals surface area contributed by atoms with Crippen LogP contribution in [0.5, 0.6) is 11.5 Å². The molecule has 0 aliphatic rings. The van der Waals surface area contributed by atoms with Crippen LogP contribution in [0.3, 0.4) is 0 Å². The first-order valence-electron chi connectivity index (χ1n) is 12.3. The van der Waals surface area contributed by atoms with Crippen LogP contribution < -0.4 is 20.4 Å². The molecule has 0 saturated heterocycles. The number of nitrogens with zero attached hydrogens (tertiary/aromatic N) is 2. The normalized spacial score (nSPS) is 11.3. The molecule has 38 heavy (non-hydrogen) atoms. The SMILES string of the molecule is CCOc1cc(/C=N/NC(=O)/C(=C\c2ccc(N(CC)CC)cc2)NC(=O)c2ccccc2)cc(I)c1O. The van der Waals surface area contributed by atoms with Gasteiger partial charge in [-0.05, 0) is 97.0 Å². The number of ether oxygens (including phenoxy) is 1. The van der Waals surface area contributed by atoms with E-state index in [9.17, 15) is 14.7 Å². The van der Waals surface area contributed by atoms with Gasteiger partial charge >= 0.3 is 0 Å². The Morgan fingerprint density at radius 1 is 1.00 bits per heavy atom.